The van der Waals surface area contributed by atoms with Gasteiger partial charge >= 0.3 is 0 Å². The van der Waals surface area contributed by atoms with Crippen molar-refractivity contribution in [3.63, 3.8) is 0 Å². The van der Waals surface area contributed by atoms with Gasteiger partial charge in [-0.15, -0.1) is 0 Å². The molecule has 0 aliphatic carbocycles. The highest BCUT2D eigenvalue weighted by Crippen LogP contribution is 2.21. The molecular formula is C13H21ClN2O2S. The molecule has 1 rings (SSSR count). The van der Waals surface area contributed by atoms with Crippen molar-refractivity contribution < 1.29 is 8.42 Å². The summed E-state index contributed by atoms with van der Waals surface area (Å²) < 4.78 is 27.0. The Morgan fingerprint density at radius 3 is 2.42 bits per heavy atom. The summed E-state index contributed by atoms with van der Waals surface area (Å²) in [5, 5.41) is 3.70. The van der Waals surface area contributed by atoms with Gasteiger partial charge in [0.05, 0.1) is 4.90 Å². The first kappa shape index (κ1) is 16.4. The number of rotatable bonds is 5. The summed E-state index contributed by atoms with van der Waals surface area (Å²) >= 11 is 6.06. The van der Waals surface area contributed by atoms with Crippen molar-refractivity contribution >= 4 is 21.6 Å². The SMILES string of the molecule is CCNCc1cc(S(=O)(=O)NC(C)(C)C)ccc1Cl. The van der Waals surface area contributed by atoms with Gasteiger partial charge in [0.1, 0.15) is 0 Å². The Morgan fingerprint density at radius 2 is 1.89 bits per heavy atom. The van der Waals surface area contributed by atoms with E-state index in [2.05, 4.69) is 10.0 Å². The predicted octanol–water partition coefficient (Wildman–Crippen LogP) is 2.53. The Morgan fingerprint density at radius 1 is 1.26 bits per heavy atom. The Kier molecular flexibility index (Phi) is 5.38. The van der Waals surface area contributed by atoms with Crippen molar-refractivity contribution in [2.45, 2.75) is 44.7 Å². The fraction of sp³-hybridized carbons (Fsp3) is 0.538. The summed E-state index contributed by atoms with van der Waals surface area (Å²) in [6, 6.07) is 4.75. The van der Waals surface area contributed by atoms with E-state index in [9.17, 15) is 8.42 Å². The summed E-state index contributed by atoms with van der Waals surface area (Å²) in [6.45, 7) is 8.75. The van der Waals surface area contributed by atoms with Gasteiger partial charge in [0.15, 0.2) is 0 Å². The Labute approximate surface area is 120 Å². The highest BCUT2D eigenvalue weighted by molar-refractivity contribution is 7.89. The van der Waals surface area contributed by atoms with Crippen molar-refractivity contribution in [1.29, 1.82) is 0 Å². The lowest BCUT2D eigenvalue weighted by Crippen LogP contribution is -2.40. The standard InChI is InChI=1S/C13H21ClN2O2S/c1-5-15-9-10-8-11(6-7-12(10)14)19(17,18)16-13(2,3)4/h6-8,15-16H,5,9H2,1-4H3. The maximum absolute atomic E-state index is 12.2. The molecule has 0 radical (unpaired) electrons. The second-order valence-electron chi connectivity index (χ2n) is 5.39. The van der Waals surface area contributed by atoms with Gasteiger partial charge < -0.3 is 5.32 Å². The van der Waals surface area contributed by atoms with Crippen LogP contribution in [0.4, 0.5) is 0 Å². The maximum atomic E-state index is 12.2. The monoisotopic (exact) mass is 304 g/mol. The molecule has 6 heteroatoms. The second kappa shape index (κ2) is 6.22. The average molecular weight is 305 g/mol. The van der Waals surface area contributed by atoms with Crippen LogP contribution in [0.25, 0.3) is 0 Å². The van der Waals surface area contributed by atoms with E-state index in [-0.39, 0.29) is 4.90 Å². The van der Waals surface area contributed by atoms with Crippen LogP contribution in [0.2, 0.25) is 5.02 Å². The Balaban J connectivity index is 3.07. The first-order valence-corrected chi connectivity index (χ1v) is 8.05. The average Bonchev–Trinajstić information content (AvgIpc) is 2.24. The summed E-state index contributed by atoms with van der Waals surface area (Å²) in [5.41, 5.74) is 0.264. The van der Waals surface area contributed by atoms with Crippen LogP contribution in [-0.4, -0.2) is 20.5 Å². The molecule has 0 aliphatic heterocycles. The number of nitrogens with one attached hydrogen (secondary N) is 2. The van der Waals surface area contributed by atoms with Gasteiger partial charge in [-0.1, -0.05) is 18.5 Å². The molecule has 0 unspecified atom stereocenters. The van der Waals surface area contributed by atoms with E-state index in [1.807, 2.05) is 6.92 Å². The number of hydrogen-bond donors (Lipinski definition) is 2. The molecule has 2 N–H and O–H groups in total. The van der Waals surface area contributed by atoms with Gasteiger partial charge in [0, 0.05) is 17.1 Å². The zero-order valence-electron chi connectivity index (χ0n) is 11.7. The Hall–Kier alpha value is -0.620. The zero-order chi connectivity index (χ0) is 14.7. The van der Waals surface area contributed by atoms with Crippen molar-refractivity contribution in [1.82, 2.24) is 10.0 Å². The van der Waals surface area contributed by atoms with E-state index in [1.54, 1.807) is 32.9 Å². The lowest BCUT2D eigenvalue weighted by molar-refractivity contribution is 0.491. The summed E-state index contributed by atoms with van der Waals surface area (Å²) in [6.07, 6.45) is 0. The van der Waals surface area contributed by atoms with Gasteiger partial charge in [-0.2, -0.15) is 0 Å². The van der Waals surface area contributed by atoms with Gasteiger partial charge in [-0.3, -0.25) is 0 Å². The normalized spacial score (nSPS) is 12.7. The predicted molar refractivity (Wildman–Crippen MR) is 78.9 cm³/mol. The van der Waals surface area contributed by atoms with Crippen LogP contribution in [-0.2, 0) is 16.6 Å². The van der Waals surface area contributed by atoms with E-state index >= 15 is 0 Å². The molecule has 0 amide bonds. The third kappa shape index (κ3) is 5.10. The van der Waals surface area contributed by atoms with E-state index in [0.29, 0.717) is 11.6 Å². The molecular weight excluding hydrogens is 284 g/mol. The number of benzene rings is 1. The molecule has 19 heavy (non-hydrogen) atoms. The molecule has 0 saturated carbocycles. The molecule has 0 heterocycles. The minimum Gasteiger partial charge on any atom is -0.313 e. The van der Waals surface area contributed by atoms with Crippen molar-refractivity contribution in [2.24, 2.45) is 0 Å². The molecule has 0 bridgehead atoms. The molecule has 0 atom stereocenters. The van der Waals surface area contributed by atoms with Crippen LogP contribution in [0.5, 0.6) is 0 Å². The van der Waals surface area contributed by atoms with Crippen LogP contribution >= 0.6 is 11.6 Å². The minimum absolute atomic E-state index is 0.236. The van der Waals surface area contributed by atoms with Gasteiger partial charge in [-0.05, 0) is 51.1 Å². The van der Waals surface area contributed by atoms with Crippen molar-refractivity contribution in [3.05, 3.63) is 28.8 Å². The van der Waals surface area contributed by atoms with E-state index < -0.39 is 15.6 Å². The smallest absolute Gasteiger partial charge is 0.241 e. The molecule has 1 aromatic carbocycles. The number of hydrogen-bond acceptors (Lipinski definition) is 3. The topological polar surface area (TPSA) is 58.2 Å². The molecule has 1 aromatic rings. The molecule has 0 aliphatic rings. The van der Waals surface area contributed by atoms with Crippen LogP contribution in [0.1, 0.15) is 33.3 Å². The second-order valence-corrected chi connectivity index (χ2v) is 7.48. The van der Waals surface area contributed by atoms with Crippen molar-refractivity contribution in [2.75, 3.05) is 6.54 Å². The molecule has 0 aromatic heterocycles. The first-order valence-electron chi connectivity index (χ1n) is 6.19. The van der Waals surface area contributed by atoms with Crippen LogP contribution < -0.4 is 10.0 Å². The third-order valence-electron chi connectivity index (χ3n) is 2.33. The molecule has 0 saturated heterocycles. The Bertz CT molecular complexity index is 536. The largest absolute Gasteiger partial charge is 0.313 e. The van der Waals surface area contributed by atoms with Crippen LogP contribution in [0.3, 0.4) is 0 Å². The first-order chi connectivity index (χ1) is 8.65. The molecule has 0 fully saturated rings. The minimum atomic E-state index is -3.52. The van der Waals surface area contributed by atoms with Gasteiger partial charge in [-0.25, -0.2) is 13.1 Å². The van der Waals surface area contributed by atoms with Gasteiger partial charge in [0.25, 0.3) is 0 Å². The van der Waals surface area contributed by atoms with Gasteiger partial charge in [0.2, 0.25) is 10.0 Å². The summed E-state index contributed by atoms with van der Waals surface area (Å²) in [7, 11) is -3.52. The van der Waals surface area contributed by atoms with Crippen LogP contribution in [0.15, 0.2) is 23.1 Å². The fourth-order valence-electron chi connectivity index (χ4n) is 1.58. The molecule has 0 spiro atoms. The molecule has 108 valence electrons. The number of halogens is 1. The van der Waals surface area contributed by atoms with Crippen molar-refractivity contribution in [3.8, 4) is 0 Å². The van der Waals surface area contributed by atoms with E-state index in [4.69, 9.17) is 11.6 Å². The zero-order valence-corrected chi connectivity index (χ0v) is 13.3. The maximum Gasteiger partial charge on any atom is 0.241 e. The number of sulfonamides is 1. The van der Waals surface area contributed by atoms with Crippen LogP contribution in [0, 0.1) is 0 Å². The highest BCUT2D eigenvalue weighted by atomic mass is 35.5. The highest BCUT2D eigenvalue weighted by Gasteiger charge is 2.22. The fourth-order valence-corrected chi connectivity index (χ4v) is 3.23. The van der Waals surface area contributed by atoms with E-state index in [1.165, 1.54) is 6.07 Å². The molecule has 4 nitrogen and oxygen atoms in total. The summed E-state index contributed by atoms with van der Waals surface area (Å²) in [4.78, 5) is 0.236. The third-order valence-corrected chi connectivity index (χ3v) is 4.46. The summed E-state index contributed by atoms with van der Waals surface area (Å²) in [5.74, 6) is 0. The lowest BCUT2D eigenvalue weighted by atomic mass is 10.1. The van der Waals surface area contributed by atoms with E-state index in [0.717, 1.165) is 12.1 Å². The quantitative estimate of drug-likeness (QED) is 0.879. The lowest BCUT2D eigenvalue weighted by Gasteiger charge is -2.20.